The van der Waals surface area contributed by atoms with E-state index in [9.17, 15) is 23.1 Å². The van der Waals surface area contributed by atoms with Crippen LogP contribution in [0.5, 0.6) is 0 Å². The second-order valence-electron chi connectivity index (χ2n) is 18.0. The van der Waals surface area contributed by atoms with Gasteiger partial charge in [0.1, 0.15) is 11.6 Å². The quantitative estimate of drug-likeness (QED) is 0.109. The summed E-state index contributed by atoms with van der Waals surface area (Å²) in [5.41, 5.74) is 3.52. The molecule has 0 atom stereocenters. The van der Waals surface area contributed by atoms with Crippen molar-refractivity contribution in [1.82, 2.24) is 29.7 Å². The Morgan fingerprint density at radius 3 is 1.63 bits per heavy atom. The van der Waals surface area contributed by atoms with E-state index in [0.717, 1.165) is 76.8 Å². The van der Waals surface area contributed by atoms with Crippen LogP contribution in [0, 0.1) is 0 Å². The lowest BCUT2D eigenvalue weighted by Gasteiger charge is -2.37. The zero-order chi connectivity index (χ0) is 47.2. The van der Waals surface area contributed by atoms with Crippen LogP contribution in [0.4, 0.5) is 38.5 Å². The number of halogens is 2. The van der Waals surface area contributed by atoms with Gasteiger partial charge in [-0.25, -0.2) is 33.0 Å². The molecule has 16 nitrogen and oxygen atoms in total. The number of rotatable bonds is 13. The molecule has 0 spiro atoms. The number of aromatic nitrogens is 4. The SMILES string of the molecule is O=C1N(c2ccccc2Cl)Cc2cnc(NC3CCC(O)CC3)nc2N1CCN1CCCC1.O=C1N(c2ccccc2Cl)Cc2cnc(S(=O)(=O)Cc3ccccc3)nc2N1CCN1CCCC1. The van der Waals surface area contributed by atoms with Crippen molar-refractivity contribution in [1.29, 1.82) is 0 Å². The topological polar surface area (TPSA) is 172 Å². The van der Waals surface area contributed by atoms with Crippen LogP contribution in [0.3, 0.4) is 0 Å². The van der Waals surface area contributed by atoms with Crippen molar-refractivity contribution in [3.63, 3.8) is 0 Å². The minimum atomic E-state index is -3.80. The first-order valence-electron chi connectivity index (χ1n) is 23.6. The molecular formula is C49H57Cl2N11O5S. The summed E-state index contributed by atoms with van der Waals surface area (Å²) in [6.45, 7) is 7.17. The highest BCUT2D eigenvalue weighted by atomic mass is 35.5. The lowest BCUT2D eigenvalue weighted by molar-refractivity contribution is 0.126. The van der Waals surface area contributed by atoms with Crippen LogP contribution < -0.4 is 24.9 Å². The summed E-state index contributed by atoms with van der Waals surface area (Å²) in [4.78, 5) is 56.6. The molecule has 5 aliphatic rings. The van der Waals surface area contributed by atoms with Gasteiger partial charge in [0.2, 0.25) is 20.9 Å². The Bertz CT molecular complexity index is 2680. The monoisotopic (exact) mass is 981 g/mol. The molecule has 1 saturated carbocycles. The third kappa shape index (κ3) is 11.0. The molecule has 19 heteroatoms. The number of fused-ring (bicyclic) bond motifs is 2. The van der Waals surface area contributed by atoms with Crippen molar-refractivity contribution in [2.75, 3.05) is 77.3 Å². The van der Waals surface area contributed by atoms with Crippen molar-refractivity contribution in [2.24, 2.45) is 0 Å². The number of para-hydroxylation sites is 2. The fourth-order valence-electron chi connectivity index (χ4n) is 9.52. The number of nitrogens with one attached hydrogen (secondary N) is 1. The van der Waals surface area contributed by atoms with Crippen LogP contribution in [0.15, 0.2) is 96.4 Å². The predicted octanol–water partition coefficient (Wildman–Crippen LogP) is 8.03. The van der Waals surface area contributed by atoms with Crippen molar-refractivity contribution in [2.45, 2.75) is 87.5 Å². The summed E-state index contributed by atoms with van der Waals surface area (Å²) in [5, 5.41) is 13.9. The van der Waals surface area contributed by atoms with Crippen LogP contribution >= 0.6 is 23.2 Å². The van der Waals surface area contributed by atoms with Crippen molar-refractivity contribution >= 4 is 74.1 Å². The molecule has 1 aliphatic carbocycles. The zero-order valence-corrected chi connectivity index (χ0v) is 40.3. The molecule has 0 unspecified atom stereocenters. The van der Waals surface area contributed by atoms with E-state index >= 15 is 0 Å². The van der Waals surface area contributed by atoms with E-state index in [0.29, 0.717) is 76.3 Å². The highest BCUT2D eigenvalue weighted by Gasteiger charge is 2.37. The fourth-order valence-corrected chi connectivity index (χ4v) is 11.2. The van der Waals surface area contributed by atoms with Crippen LogP contribution in [0.1, 0.15) is 68.1 Å². The van der Waals surface area contributed by atoms with Gasteiger partial charge in [-0.15, -0.1) is 0 Å². The summed E-state index contributed by atoms with van der Waals surface area (Å²) in [6, 6.07) is 23.4. The van der Waals surface area contributed by atoms with Crippen LogP contribution in [-0.2, 0) is 28.7 Å². The molecule has 5 aromatic rings. The molecule has 2 saturated heterocycles. The molecule has 4 amide bonds. The van der Waals surface area contributed by atoms with E-state index in [1.807, 2.05) is 42.6 Å². The van der Waals surface area contributed by atoms with Gasteiger partial charge < -0.3 is 20.2 Å². The minimum absolute atomic E-state index is 0.111. The summed E-state index contributed by atoms with van der Waals surface area (Å²) < 4.78 is 26.2. The molecule has 6 heterocycles. The zero-order valence-electron chi connectivity index (χ0n) is 38.0. The Morgan fingerprint density at radius 2 is 1.10 bits per heavy atom. The molecular weight excluding hydrogens is 926 g/mol. The number of aliphatic hydroxyl groups is 1. The molecule has 358 valence electrons. The molecule has 3 aromatic carbocycles. The molecule has 0 bridgehead atoms. The van der Waals surface area contributed by atoms with Crippen LogP contribution in [-0.4, -0.2) is 120 Å². The molecule has 3 fully saturated rings. The van der Waals surface area contributed by atoms with Gasteiger partial charge in [0, 0.05) is 55.7 Å². The number of amides is 4. The van der Waals surface area contributed by atoms with Crippen molar-refractivity contribution in [3.8, 4) is 0 Å². The standard InChI is InChI=1S/C25H26ClN5O3S.C24H31ClN6O2/c26-21-10-4-5-11-22(21)31-17-20-16-27-24(35(33,34)18-19-8-2-1-3-9-19)28-23(20)30(25(31)32)15-14-29-12-6-7-13-29;25-20-5-1-2-6-21(20)31-16-17-15-26-23(27-18-7-9-19(32)10-8-18)28-22(17)30(24(31)33)14-13-29-11-3-4-12-29/h1-5,8-11,16H,6-7,12-15,17-18H2;1-2,5-6,15,18-19,32H,3-4,7-14,16H2,(H,26,27,28). The molecule has 0 radical (unpaired) electrons. The molecule has 2 N–H and O–H groups in total. The molecule has 10 rings (SSSR count). The average molecular weight is 983 g/mol. The van der Waals surface area contributed by atoms with Crippen molar-refractivity contribution < 1.29 is 23.1 Å². The Balaban J connectivity index is 0.000000170. The summed E-state index contributed by atoms with van der Waals surface area (Å²) >= 11 is 12.9. The first-order valence-corrected chi connectivity index (χ1v) is 26.0. The maximum atomic E-state index is 13.7. The number of nitrogens with zero attached hydrogens (tertiary/aromatic N) is 10. The number of benzene rings is 3. The average Bonchev–Trinajstić information content (AvgIpc) is 4.08. The molecule has 2 aromatic heterocycles. The number of urea groups is 2. The summed E-state index contributed by atoms with van der Waals surface area (Å²) in [6.07, 6.45) is 11.2. The second kappa shape index (κ2) is 21.5. The number of hydrogen-bond acceptors (Lipinski definition) is 12. The van der Waals surface area contributed by atoms with Crippen LogP contribution in [0.25, 0.3) is 0 Å². The third-order valence-corrected chi connectivity index (χ3v) is 15.3. The number of carbonyl (C=O) groups is 2. The normalized spacial score (nSPS) is 20.0. The lowest BCUT2D eigenvalue weighted by Crippen LogP contribution is -2.50. The van der Waals surface area contributed by atoms with Gasteiger partial charge in [-0.2, -0.15) is 4.98 Å². The molecule has 68 heavy (non-hydrogen) atoms. The maximum absolute atomic E-state index is 13.7. The molecule has 4 aliphatic heterocycles. The van der Waals surface area contributed by atoms with E-state index in [1.54, 1.807) is 62.1 Å². The van der Waals surface area contributed by atoms with E-state index < -0.39 is 9.84 Å². The predicted molar refractivity (Wildman–Crippen MR) is 265 cm³/mol. The van der Waals surface area contributed by atoms with Gasteiger partial charge >= 0.3 is 12.1 Å². The first kappa shape index (κ1) is 47.6. The smallest absolute Gasteiger partial charge is 0.330 e. The van der Waals surface area contributed by atoms with Gasteiger partial charge in [-0.1, -0.05) is 77.8 Å². The number of carbonyl (C=O) groups excluding carboxylic acids is 2. The second-order valence-corrected chi connectivity index (χ2v) is 20.7. The number of hydrogen-bond donors (Lipinski definition) is 2. The lowest BCUT2D eigenvalue weighted by atomic mass is 9.93. The number of likely N-dealkylation sites (tertiary alicyclic amines) is 2. The Morgan fingerprint density at radius 1 is 0.618 bits per heavy atom. The van der Waals surface area contributed by atoms with E-state index in [4.69, 9.17) is 28.2 Å². The third-order valence-electron chi connectivity index (χ3n) is 13.2. The van der Waals surface area contributed by atoms with Crippen molar-refractivity contribution in [3.05, 3.63) is 118 Å². The van der Waals surface area contributed by atoms with Gasteiger partial charge in [-0.05, 0) is 107 Å². The first-order chi connectivity index (χ1) is 33.0. The number of sulfone groups is 1. The van der Waals surface area contributed by atoms with E-state index in [-0.39, 0.29) is 41.7 Å². The number of anilines is 5. The number of aliphatic hydroxyl groups excluding tert-OH is 1. The maximum Gasteiger partial charge on any atom is 0.330 e. The Kier molecular flexibility index (Phi) is 15.0. The van der Waals surface area contributed by atoms with E-state index in [2.05, 4.69) is 30.1 Å². The Hall–Kier alpha value is -5.43. The van der Waals surface area contributed by atoms with Crippen LogP contribution in [0.2, 0.25) is 10.0 Å². The van der Waals surface area contributed by atoms with Gasteiger partial charge in [0.05, 0.1) is 46.4 Å². The highest BCUT2D eigenvalue weighted by molar-refractivity contribution is 7.90. The van der Waals surface area contributed by atoms with Gasteiger partial charge in [-0.3, -0.25) is 19.6 Å². The fraction of sp³-hybridized carbons (Fsp3) is 0.429. The highest BCUT2D eigenvalue weighted by Crippen LogP contribution is 2.36. The van der Waals surface area contributed by atoms with E-state index in [1.165, 1.54) is 19.0 Å². The summed E-state index contributed by atoms with van der Waals surface area (Å²) in [7, 11) is -3.80. The largest absolute Gasteiger partial charge is 0.393 e. The Labute approximate surface area is 407 Å². The van der Waals surface area contributed by atoms with Gasteiger partial charge in [0.25, 0.3) is 0 Å². The van der Waals surface area contributed by atoms with Gasteiger partial charge in [0.15, 0.2) is 0 Å². The minimum Gasteiger partial charge on any atom is -0.393 e. The summed E-state index contributed by atoms with van der Waals surface area (Å²) in [5.74, 6) is 1.36.